The molecule has 7 rings (SSSR count). The van der Waals surface area contributed by atoms with Crippen molar-refractivity contribution in [2.75, 3.05) is 37.0 Å². The van der Waals surface area contributed by atoms with Crippen LogP contribution in [0.25, 0.3) is 0 Å². The number of rotatable bonds is 2. The van der Waals surface area contributed by atoms with Gasteiger partial charge in [-0.05, 0) is 104 Å². The number of fused-ring (bicyclic) bond motifs is 5. The SMILES string of the molecule is C[C@]12C[C@H](c3ccc(N4CCOCC4)cc3)C3=C4CCC(=O)C=C4CCC3C1CC[C@@]21CCCS1=O. The van der Waals surface area contributed by atoms with E-state index in [2.05, 4.69) is 36.1 Å². The van der Waals surface area contributed by atoms with Gasteiger partial charge in [0.05, 0.1) is 18.0 Å². The second-order valence-electron chi connectivity index (χ2n) is 12.4. The normalized spacial score (nSPS) is 40.2. The first-order valence-electron chi connectivity index (χ1n) is 14.3. The van der Waals surface area contributed by atoms with Crippen molar-refractivity contribution >= 4 is 22.3 Å². The smallest absolute Gasteiger partial charge is 0.156 e. The Morgan fingerprint density at radius 1 is 1.03 bits per heavy atom. The Hall–Kier alpha value is -1.72. The van der Waals surface area contributed by atoms with Crippen LogP contribution in [0.1, 0.15) is 76.2 Å². The lowest BCUT2D eigenvalue weighted by molar-refractivity contribution is -0.114. The van der Waals surface area contributed by atoms with E-state index in [0.29, 0.717) is 30.0 Å². The van der Waals surface area contributed by atoms with Gasteiger partial charge in [-0.3, -0.25) is 9.00 Å². The molecule has 2 saturated carbocycles. The number of ether oxygens (including phenoxy) is 1. The van der Waals surface area contributed by atoms with Crippen molar-refractivity contribution in [1.82, 2.24) is 0 Å². The molecule has 3 unspecified atom stereocenters. The maximum absolute atomic E-state index is 13.6. The van der Waals surface area contributed by atoms with Gasteiger partial charge >= 0.3 is 0 Å². The van der Waals surface area contributed by atoms with E-state index in [1.54, 1.807) is 5.57 Å². The molecule has 1 spiro atoms. The lowest BCUT2D eigenvalue weighted by Gasteiger charge is -2.55. The molecule has 4 nitrogen and oxygen atoms in total. The average molecular weight is 506 g/mol. The lowest BCUT2D eigenvalue weighted by Crippen LogP contribution is -2.52. The monoisotopic (exact) mass is 505 g/mol. The van der Waals surface area contributed by atoms with E-state index >= 15 is 0 Å². The molecule has 6 aliphatic rings. The van der Waals surface area contributed by atoms with E-state index in [4.69, 9.17) is 4.74 Å². The Morgan fingerprint density at radius 3 is 2.58 bits per heavy atom. The van der Waals surface area contributed by atoms with E-state index in [9.17, 15) is 9.00 Å². The zero-order chi connectivity index (χ0) is 24.5. The fraction of sp³-hybridized carbons (Fsp3) is 0.645. The molecule has 0 amide bonds. The molecule has 5 heteroatoms. The summed E-state index contributed by atoms with van der Waals surface area (Å²) in [5.74, 6) is 2.78. The van der Waals surface area contributed by atoms with Gasteiger partial charge in [-0.2, -0.15) is 0 Å². The Labute approximate surface area is 218 Å². The summed E-state index contributed by atoms with van der Waals surface area (Å²) in [5, 5.41) is 0. The van der Waals surface area contributed by atoms with E-state index in [1.807, 2.05) is 6.08 Å². The standard InChI is InChI=1S/C31H39NO3S/c1-30-20-27(21-3-6-23(7-4-21)32-14-16-35-17-15-32)29-25-10-8-24(33)19-22(25)5-9-26(29)28(30)11-13-31(30)12-2-18-36(31)34/h3-4,6-7,19,26-28H,2,5,8-18,20H2,1H3/t26?,27-,28?,30+,31+,36?/m1/s1. The zero-order valence-electron chi connectivity index (χ0n) is 21.6. The molecule has 36 heavy (non-hydrogen) atoms. The van der Waals surface area contributed by atoms with Crippen LogP contribution in [0.15, 0.2) is 47.1 Å². The van der Waals surface area contributed by atoms with Gasteiger partial charge in [0.1, 0.15) is 0 Å². The minimum Gasteiger partial charge on any atom is -0.378 e. The topological polar surface area (TPSA) is 46.6 Å². The summed E-state index contributed by atoms with van der Waals surface area (Å²) in [4.78, 5) is 14.7. The van der Waals surface area contributed by atoms with Gasteiger partial charge in [0, 0.05) is 47.7 Å². The summed E-state index contributed by atoms with van der Waals surface area (Å²) in [7, 11) is -0.708. The first kappa shape index (κ1) is 23.4. The highest BCUT2D eigenvalue weighted by Crippen LogP contribution is 2.69. The average Bonchev–Trinajstić information content (AvgIpc) is 3.43. The van der Waals surface area contributed by atoms with E-state index in [-0.39, 0.29) is 10.2 Å². The van der Waals surface area contributed by atoms with Crippen LogP contribution in [-0.2, 0) is 20.3 Å². The van der Waals surface area contributed by atoms with Crippen molar-refractivity contribution in [2.45, 2.75) is 75.4 Å². The third kappa shape index (κ3) is 3.34. The van der Waals surface area contributed by atoms with Crippen LogP contribution in [0.4, 0.5) is 5.69 Å². The van der Waals surface area contributed by atoms with Crippen molar-refractivity contribution in [3.8, 4) is 0 Å². The summed E-state index contributed by atoms with van der Waals surface area (Å²) in [5.41, 5.74) is 7.34. The van der Waals surface area contributed by atoms with Crippen LogP contribution in [0.2, 0.25) is 0 Å². The summed E-state index contributed by atoms with van der Waals surface area (Å²) in [6, 6.07) is 9.39. The summed E-state index contributed by atoms with van der Waals surface area (Å²) in [6.07, 6.45) is 11.5. The van der Waals surface area contributed by atoms with Crippen LogP contribution in [0, 0.1) is 17.3 Å². The van der Waals surface area contributed by atoms with E-state index in [0.717, 1.165) is 77.0 Å². The van der Waals surface area contributed by atoms with Gasteiger partial charge in [-0.1, -0.05) is 24.6 Å². The highest BCUT2D eigenvalue weighted by molar-refractivity contribution is 7.86. The molecule has 0 aromatic heterocycles. The number of nitrogens with zero attached hydrogens (tertiary/aromatic N) is 1. The lowest BCUT2D eigenvalue weighted by atomic mass is 9.51. The van der Waals surface area contributed by atoms with Crippen LogP contribution >= 0.6 is 0 Å². The summed E-state index contributed by atoms with van der Waals surface area (Å²) in [6.45, 7) is 6.04. The van der Waals surface area contributed by atoms with Crippen LogP contribution in [-0.4, -0.2) is 46.8 Å². The second-order valence-corrected chi connectivity index (χ2v) is 14.3. The van der Waals surface area contributed by atoms with Crippen molar-refractivity contribution in [3.05, 3.63) is 52.6 Å². The van der Waals surface area contributed by atoms with Crippen molar-refractivity contribution in [1.29, 1.82) is 0 Å². The summed E-state index contributed by atoms with van der Waals surface area (Å²) >= 11 is 0. The minimum atomic E-state index is -0.708. The van der Waals surface area contributed by atoms with Crippen molar-refractivity contribution in [3.63, 3.8) is 0 Å². The van der Waals surface area contributed by atoms with Crippen LogP contribution in [0.5, 0.6) is 0 Å². The van der Waals surface area contributed by atoms with Crippen LogP contribution < -0.4 is 4.90 Å². The maximum atomic E-state index is 13.6. The first-order valence-corrected chi connectivity index (χ1v) is 15.6. The van der Waals surface area contributed by atoms with Gasteiger partial charge < -0.3 is 9.64 Å². The van der Waals surface area contributed by atoms with Gasteiger partial charge in [-0.25, -0.2) is 0 Å². The highest BCUT2D eigenvalue weighted by Gasteiger charge is 2.66. The molecule has 2 heterocycles. The fourth-order valence-corrected chi connectivity index (χ4v) is 11.6. The van der Waals surface area contributed by atoms with Crippen molar-refractivity contribution in [2.24, 2.45) is 17.3 Å². The molecule has 0 N–H and O–H groups in total. The quantitative estimate of drug-likeness (QED) is 0.517. The third-order valence-corrected chi connectivity index (χ3v) is 13.4. The van der Waals surface area contributed by atoms with Gasteiger partial charge in [0.2, 0.25) is 0 Å². The predicted octanol–water partition coefficient (Wildman–Crippen LogP) is 5.70. The minimum absolute atomic E-state index is 0.0124. The largest absolute Gasteiger partial charge is 0.378 e. The number of benzene rings is 1. The molecule has 6 atom stereocenters. The molecule has 192 valence electrons. The predicted molar refractivity (Wildman–Crippen MR) is 145 cm³/mol. The molecule has 4 fully saturated rings. The Balaban J connectivity index is 1.33. The number of allylic oxidation sites excluding steroid dienone is 4. The number of hydrogen-bond donors (Lipinski definition) is 0. The Bertz CT molecular complexity index is 1160. The number of carbonyl (C=O) groups is 1. The van der Waals surface area contributed by atoms with Gasteiger partial charge in [-0.15, -0.1) is 0 Å². The Kier molecular flexibility index (Phi) is 5.63. The van der Waals surface area contributed by atoms with E-state index in [1.165, 1.54) is 28.8 Å². The number of morpholine rings is 1. The fourth-order valence-electron chi connectivity index (χ4n) is 9.36. The number of carbonyl (C=O) groups excluding carboxylic acids is 1. The number of ketones is 1. The zero-order valence-corrected chi connectivity index (χ0v) is 22.4. The number of hydrogen-bond acceptors (Lipinski definition) is 4. The highest BCUT2D eigenvalue weighted by atomic mass is 32.2. The molecule has 1 aromatic carbocycles. The number of anilines is 1. The third-order valence-electron chi connectivity index (χ3n) is 11.0. The first-order chi connectivity index (χ1) is 17.5. The molecule has 0 radical (unpaired) electrons. The van der Waals surface area contributed by atoms with Gasteiger partial charge in [0.15, 0.2) is 5.78 Å². The maximum Gasteiger partial charge on any atom is 0.156 e. The van der Waals surface area contributed by atoms with Crippen LogP contribution in [0.3, 0.4) is 0 Å². The molecule has 4 aliphatic carbocycles. The van der Waals surface area contributed by atoms with E-state index < -0.39 is 10.8 Å². The second kappa shape index (κ2) is 8.66. The molecular weight excluding hydrogens is 466 g/mol. The van der Waals surface area contributed by atoms with Crippen molar-refractivity contribution < 1.29 is 13.7 Å². The molecule has 1 aromatic rings. The molecule has 0 bridgehead atoms. The van der Waals surface area contributed by atoms with Gasteiger partial charge in [0.25, 0.3) is 0 Å². The summed E-state index contributed by atoms with van der Waals surface area (Å²) < 4.78 is 19.2. The molecular formula is C31H39NO3S. The molecule has 2 aliphatic heterocycles. The Morgan fingerprint density at radius 2 is 1.83 bits per heavy atom. The molecule has 2 saturated heterocycles.